The van der Waals surface area contributed by atoms with Gasteiger partial charge in [0.15, 0.2) is 5.84 Å². The molecule has 6 aromatic carbocycles. The van der Waals surface area contributed by atoms with Gasteiger partial charge in [0.1, 0.15) is 5.84 Å². The molecule has 2 atom stereocenters. The summed E-state index contributed by atoms with van der Waals surface area (Å²) in [6, 6.07) is 56.9. The second-order valence-corrected chi connectivity index (χ2v) is 15.4. The summed E-state index contributed by atoms with van der Waals surface area (Å²) < 4.78 is 0. The van der Waals surface area contributed by atoms with E-state index in [2.05, 4.69) is 177 Å². The van der Waals surface area contributed by atoms with Crippen molar-refractivity contribution in [1.82, 2.24) is 0 Å². The number of aryl methyl sites for hydroxylation is 1. The minimum absolute atomic E-state index is 0.126. The Balaban J connectivity index is 1.05. The fraction of sp³-hybridized carbons (Fsp3) is 0.109. The summed E-state index contributed by atoms with van der Waals surface area (Å²) in [4.78, 5) is 15.7. The zero-order chi connectivity index (χ0) is 40.1. The molecule has 9 rings (SSSR count). The maximum absolute atomic E-state index is 6.94. The van der Waals surface area contributed by atoms with Gasteiger partial charge in [0.25, 0.3) is 0 Å². The van der Waals surface area contributed by atoms with Crippen molar-refractivity contribution in [3.05, 3.63) is 245 Å². The minimum Gasteiger partial charge on any atom is -0.383 e. The van der Waals surface area contributed by atoms with E-state index in [1.54, 1.807) is 0 Å². The third-order valence-electron chi connectivity index (χ3n) is 11.5. The van der Waals surface area contributed by atoms with Crippen LogP contribution in [-0.2, 0) is 0 Å². The van der Waals surface area contributed by atoms with Crippen LogP contribution < -0.4 is 5.73 Å². The van der Waals surface area contributed by atoms with Crippen LogP contribution in [0.2, 0.25) is 0 Å². The molecule has 6 aromatic rings. The summed E-state index contributed by atoms with van der Waals surface area (Å²) in [5.41, 5.74) is 23.3. The number of aliphatic imine (C=N–C) groups is 3. The largest absolute Gasteiger partial charge is 0.383 e. The Hall–Kier alpha value is -7.17. The number of nitrogens with two attached hydrogens (primary N) is 1. The van der Waals surface area contributed by atoms with Crippen molar-refractivity contribution < 1.29 is 0 Å². The fourth-order valence-corrected chi connectivity index (χ4v) is 8.12. The highest BCUT2D eigenvalue weighted by Gasteiger charge is 2.36. The third-order valence-corrected chi connectivity index (χ3v) is 11.5. The first-order valence-corrected chi connectivity index (χ1v) is 20.4. The van der Waals surface area contributed by atoms with Gasteiger partial charge >= 0.3 is 0 Å². The average molecular weight is 763 g/mol. The van der Waals surface area contributed by atoms with Crippen LogP contribution >= 0.6 is 0 Å². The second-order valence-electron chi connectivity index (χ2n) is 15.4. The minimum atomic E-state index is 0.126. The lowest BCUT2D eigenvalue weighted by Gasteiger charge is -2.20. The van der Waals surface area contributed by atoms with Crippen LogP contribution in [0.5, 0.6) is 0 Å². The van der Waals surface area contributed by atoms with Crippen molar-refractivity contribution in [2.24, 2.45) is 26.6 Å². The van der Waals surface area contributed by atoms with Gasteiger partial charge in [0.2, 0.25) is 0 Å². The van der Waals surface area contributed by atoms with E-state index in [9.17, 15) is 0 Å². The van der Waals surface area contributed by atoms with Crippen LogP contribution in [0.15, 0.2) is 221 Å². The topological polar surface area (TPSA) is 63.1 Å². The van der Waals surface area contributed by atoms with Gasteiger partial charge in [0.05, 0.1) is 17.1 Å². The molecule has 286 valence electrons. The van der Waals surface area contributed by atoms with Crippen LogP contribution in [0.4, 0.5) is 0 Å². The van der Waals surface area contributed by atoms with Gasteiger partial charge in [-0.15, -0.1) is 0 Å². The fourth-order valence-electron chi connectivity index (χ4n) is 8.12. The highest BCUT2D eigenvalue weighted by molar-refractivity contribution is 6.15. The highest BCUT2D eigenvalue weighted by Crippen LogP contribution is 2.51. The van der Waals surface area contributed by atoms with Crippen LogP contribution in [-0.4, -0.2) is 17.4 Å². The molecule has 4 heteroatoms. The molecule has 1 saturated carbocycles. The van der Waals surface area contributed by atoms with Crippen molar-refractivity contribution >= 4 is 34.4 Å². The van der Waals surface area contributed by atoms with Gasteiger partial charge in [-0.2, -0.15) is 0 Å². The van der Waals surface area contributed by atoms with Crippen molar-refractivity contribution in [3.63, 3.8) is 0 Å². The van der Waals surface area contributed by atoms with Gasteiger partial charge in [0, 0.05) is 35.0 Å². The summed E-state index contributed by atoms with van der Waals surface area (Å²) in [5.74, 6) is 1.60. The van der Waals surface area contributed by atoms with Crippen molar-refractivity contribution in [2.45, 2.75) is 32.1 Å². The van der Waals surface area contributed by atoms with Gasteiger partial charge < -0.3 is 5.73 Å². The zero-order valence-corrected chi connectivity index (χ0v) is 33.3. The van der Waals surface area contributed by atoms with E-state index in [4.69, 9.17) is 20.7 Å². The standard InChI is InChI=1S/C55H46N4/c1-37-29-30-45(52-32-31-51(41-21-11-5-12-22-41)57-55(58-52)47-28-15-25-43(33-47)40-19-9-4-10-20-40)35-48(37)44-26-16-27-46(34-44)54(56)59-53(42-23-13-6-14-24-42)50-36-49(50)38(2)39-17-7-3-8-18-39/h3-25,27-31,33-35,44,49H,2,26,32,36H2,1H3,(H2,56,59)/b53-50-. The molecule has 1 heterocycles. The molecule has 2 unspecified atom stereocenters. The molecule has 0 aromatic heterocycles. The summed E-state index contributed by atoms with van der Waals surface area (Å²) in [7, 11) is 0. The van der Waals surface area contributed by atoms with E-state index >= 15 is 0 Å². The average Bonchev–Trinajstić information content (AvgIpc) is 4.13. The summed E-state index contributed by atoms with van der Waals surface area (Å²) in [6.45, 7) is 6.67. The predicted molar refractivity (Wildman–Crippen MR) is 248 cm³/mol. The molecule has 2 N–H and O–H groups in total. The Labute approximate surface area is 347 Å². The quantitative estimate of drug-likeness (QED) is 0.110. The molecular weight excluding hydrogens is 717 g/mol. The second kappa shape index (κ2) is 16.7. The van der Waals surface area contributed by atoms with E-state index < -0.39 is 0 Å². The smallest absolute Gasteiger partial charge is 0.160 e. The van der Waals surface area contributed by atoms with Gasteiger partial charge in [-0.25, -0.2) is 15.0 Å². The molecule has 0 bridgehead atoms. The zero-order valence-electron chi connectivity index (χ0n) is 33.3. The van der Waals surface area contributed by atoms with E-state index in [-0.39, 0.29) is 11.8 Å². The molecule has 59 heavy (non-hydrogen) atoms. The number of rotatable bonds is 10. The Morgan fingerprint density at radius 3 is 2.03 bits per heavy atom. The molecule has 2 aliphatic carbocycles. The van der Waals surface area contributed by atoms with Gasteiger partial charge in [-0.1, -0.05) is 183 Å². The molecular formula is C55H46N4. The molecule has 1 aliphatic heterocycles. The molecule has 3 aliphatic rings. The van der Waals surface area contributed by atoms with E-state index in [1.807, 2.05) is 24.3 Å². The molecule has 0 spiro atoms. The lowest BCUT2D eigenvalue weighted by Crippen LogP contribution is -2.17. The number of benzene rings is 6. The molecule has 0 amide bonds. The number of nitrogens with zero attached hydrogens (tertiary/aromatic N) is 3. The van der Waals surface area contributed by atoms with Gasteiger partial charge in [-0.05, 0) is 82.0 Å². The summed E-state index contributed by atoms with van der Waals surface area (Å²) in [6.07, 6.45) is 11.3. The molecule has 1 fully saturated rings. The number of hydrogen-bond acceptors (Lipinski definition) is 3. The number of allylic oxidation sites excluding steroid dienone is 5. The van der Waals surface area contributed by atoms with Crippen LogP contribution in [0, 0.1) is 12.8 Å². The first kappa shape index (κ1) is 37.4. The van der Waals surface area contributed by atoms with Crippen molar-refractivity contribution in [3.8, 4) is 11.1 Å². The van der Waals surface area contributed by atoms with Crippen LogP contribution in [0.3, 0.4) is 0 Å². The molecule has 0 radical (unpaired) electrons. The lowest BCUT2D eigenvalue weighted by atomic mass is 9.85. The van der Waals surface area contributed by atoms with Crippen LogP contribution in [0.1, 0.15) is 64.1 Å². The maximum atomic E-state index is 6.94. The normalized spacial score (nSPS) is 18.5. The van der Waals surface area contributed by atoms with E-state index in [0.717, 1.165) is 74.5 Å². The van der Waals surface area contributed by atoms with E-state index in [1.165, 1.54) is 22.3 Å². The molecule has 0 saturated heterocycles. The Morgan fingerprint density at radius 1 is 0.661 bits per heavy atom. The number of hydrogen-bond donors (Lipinski definition) is 1. The van der Waals surface area contributed by atoms with E-state index in [0.29, 0.717) is 18.1 Å². The first-order chi connectivity index (χ1) is 29.0. The van der Waals surface area contributed by atoms with Gasteiger partial charge in [-0.3, -0.25) is 0 Å². The third kappa shape index (κ3) is 8.30. The van der Waals surface area contributed by atoms with Crippen LogP contribution in [0.25, 0.3) is 28.1 Å². The summed E-state index contributed by atoms with van der Waals surface area (Å²) >= 11 is 0. The Morgan fingerprint density at radius 2 is 1.31 bits per heavy atom. The lowest BCUT2D eigenvalue weighted by molar-refractivity contribution is 0.840. The predicted octanol–water partition coefficient (Wildman–Crippen LogP) is 12.8. The highest BCUT2D eigenvalue weighted by atomic mass is 14.9. The monoisotopic (exact) mass is 762 g/mol. The maximum Gasteiger partial charge on any atom is 0.160 e. The molecule has 4 nitrogen and oxygen atoms in total. The summed E-state index contributed by atoms with van der Waals surface area (Å²) in [5, 5.41) is 0. The Bertz CT molecular complexity index is 2750. The van der Waals surface area contributed by atoms with Crippen molar-refractivity contribution in [2.75, 3.05) is 0 Å². The Kier molecular flexibility index (Phi) is 10.6. The van der Waals surface area contributed by atoms with Crippen molar-refractivity contribution in [1.29, 1.82) is 0 Å². The first-order valence-electron chi connectivity index (χ1n) is 20.4. The SMILES string of the molecule is C=C(c1ccccc1)C1C/C1=C(/N=C(\N)C1=CC(c2cc(C3=NC(c4cccc(-c5ccccc5)c4)=NC(c4ccccc4)=CC3)ccc2C)CC=C1)c1ccccc1. The number of amidine groups is 2.